The summed E-state index contributed by atoms with van der Waals surface area (Å²) in [4.78, 5) is 1.29. The Morgan fingerprint density at radius 3 is 2.69 bits per heavy atom. The highest BCUT2D eigenvalue weighted by Crippen LogP contribution is 2.21. The van der Waals surface area contributed by atoms with E-state index in [0.717, 1.165) is 17.9 Å². The predicted molar refractivity (Wildman–Crippen MR) is 60.5 cm³/mol. The molecular weight excluding hydrogens is 202 g/mol. The van der Waals surface area contributed by atoms with Crippen molar-refractivity contribution in [2.75, 3.05) is 0 Å². The molecule has 0 saturated heterocycles. The lowest BCUT2D eigenvalue weighted by Gasteiger charge is -2.12. The Balaban J connectivity index is 2.40. The van der Waals surface area contributed by atoms with Crippen LogP contribution in [0.4, 0.5) is 0 Å². The summed E-state index contributed by atoms with van der Waals surface area (Å²) in [5.74, 6) is 0.672. The fraction of sp³-hybridized carbons (Fsp3) is 0.600. The van der Waals surface area contributed by atoms with Crippen LogP contribution in [0.15, 0.2) is 11.4 Å². The van der Waals surface area contributed by atoms with Crippen molar-refractivity contribution in [2.45, 2.75) is 32.7 Å². The van der Waals surface area contributed by atoms with Gasteiger partial charge in [-0.1, -0.05) is 25.4 Å². The van der Waals surface area contributed by atoms with Crippen molar-refractivity contribution in [1.82, 2.24) is 0 Å². The van der Waals surface area contributed by atoms with Gasteiger partial charge in [-0.2, -0.15) is 0 Å². The van der Waals surface area contributed by atoms with Gasteiger partial charge in [-0.15, -0.1) is 11.3 Å². The van der Waals surface area contributed by atoms with Gasteiger partial charge in [0, 0.05) is 16.3 Å². The second kappa shape index (κ2) is 4.99. The molecule has 0 radical (unpaired) electrons. The minimum atomic E-state index is 0.273. The minimum Gasteiger partial charge on any atom is -0.327 e. The van der Waals surface area contributed by atoms with Crippen molar-refractivity contribution < 1.29 is 0 Å². The first-order chi connectivity index (χ1) is 6.08. The predicted octanol–water partition coefficient (Wildman–Crippen LogP) is 3.32. The van der Waals surface area contributed by atoms with E-state index in [1.807, 2.05) is 11.4 Å². The van der Waals surface area contributed by atoms with Gasteiger partial charge in [-0.05, 0) is 24.8 Å². The molecule has 1 aromatic rings. The van der Waals surface area contributed by atoms with Crippen LogP contribution in [0.3, 0.4) is 0 Å². The summed E-state index contributed by atoms with van der Waals surface area (Å²) in [6.45, 7) is 4.39. The van der Waals surface area contributed by atoms with Crippen LogP contribution in [0, 0.1) is 5.92 Å². The van der Waals surface area contributed by atoms with Gasteiger partial charge in [-0.25, -0.2) is 0 Å². The highest BCUT2D eigenvalue weighted by atomic mass is 35.5. The Morgan fingerprint density at radius 1 is 1.54 bits per heavy atom. The van der Waals surface area contributed by atoms with Crippen LogP contribution >= 0.6 is 22.9 Å². The molecule has 0 aliphatic carbocycles. The highest BCUT2D eigenvalue weighted by Gasteiger charge is 2.07. The summed E-state index contributed by atoms with van der Waals surface area (Å²) in [5.41, 5.74) is 5.98. The van der Waals surface area contributed by atoms with Gasteiger partial charge in [0.15, 0.2) is 0 Å². The molecule has 74 valence electrons. The fourth-order valence-corrected chi connectivity index (χ4v) is 2.58. The van der Waals surface area contributed by atoms with E-state index in [1.54, 1.807) is 11.3 Å². The van der Waals surface area contributed by atoms with E-state index in [1.165, 1.54) is 4.88 Å². The molecule has 1 heterocycles. The Hall–Kier alpha value is -0.0500. The Bertz CT molecular complexity index is 257. The number of rotatable bonds is 4. The molecule has 1 aromatic heterocycles. The fourth-order valence-electron chi connectivity index (χ4n) is 1.41. The molecule has 13 heavy (non-hydrogen) atoms. The van der Waals surface area contributed by atoms with Gasteiger partial charge >= 0.3 is 0 Å². The first-order valence-corrected chi connectivity index (χ1v) is 5.82. The van der Waals surface area contributed by atoms with Gasteiger partial charge in [0.1, 0.15) is 0 Å². The molecule has 0 aliphatic rings. The highest BCUT2D eigenvalue weighted by molar-refractivity contribution is 7.10. The summed E-state index contributed by atoms with van der Waals surface area (Å²) in [6, 6.07) is 2.28. The van der Waals surface area contributed by atoms with Crippen LogP contribution < -0.4 is 5.73 Å². The summed E-state index contributed by atoms with van der Waals surface area (Å²) < 4.78 is 0. The maximum absolute atomic E-state index is 5.98. The molecule has 0 aromatic carbocycles. The number of thiophene rings is 1. The van der Waals surface area contributed by atoms with Gasteiger partial charge < -0.3 is 5.73 Å². The summed E-state index contributed by atoms with van der Waals surface area (Å²) >= 11 is 7.51. The van der Waals surface area contributed by atoms with E-state index in [4.69, 9.17) is 17.3 Å². The molecule has 0 fully saturated rings. The summed E-state index contributed by atoms with van der Waals surface area (Å²) in [7, 11) is 0. The number of nitrogens with two attached hydrogens (primary N) is 1. The molecule has 0 spiro atoms. The molecule has 1 nitrogen and oxygen atoms in total. The number of hydrogen-bond acceptors (Lipinski definition) is 2. The van der Waals surface area contributed by atoms with Crippen molar-refractivity contribution in [1.29, 1.82) is 0 Å². The van der Waals surface area contributed by atoms with Crippen molar-refractivity contribution in [2.24, 2.45) is 11.7 Å². The Kier molecular flexibility index (Phi) is 4.23. The van der Waals surface area contributed by atoms with Gasteiger partial charge in [0.05, 0.1) is 5.02 Å². The maximum Gasteiger partial charge on any atom is 0.0515 e. The van der Waals surface area contributed by atoms with E-state index in [-0.39, 0.29) is 6.04 Å². The Morgan fingerprint density at radius 2 is 2.23 bits per heavy atom. The van der Waals surface area contributed by atoms with Crippen molar-refractivity contribution in [3.63, 3.8) is 0 Å². The van der Waals surface area contributed by atoms with Gasteiger partial charge in [0.25, 0.3) is 0 Å². The molecule has 0 aliphatic heterocycles. The molecule has 0 bridgehead atoms. The number of hydrogen-bond donors (Lipinski definition) is 1. The topological polar surface area (TPSA) is 26.0 Å². The third-order valence-corrected chi connectivity index (χ3v) is 3.17. The lowest BCUT2D eigenvalue weighted by molar-refractivity contribution is 0.495. The normalized spacial score (nSPS) is 13.6. The second-order valence-corrected chi connectivity index (χ2v) is 5.26. The molecule has 3 heteroatoms. The van der Waals surface area contributed by atoms with Crippen LogP contribution in [0.5, 0.6) is 0 Å². The SMILES string of the molecule is CC(C)CC(N)Cc1cc(Cl)cs1. The molecule has 0 amide bonds. The largest absolute Gasteiger partial charge is 0.327 e. The van der Waals surface area contributed by atoms with E-state index in [2.05, 4.69) is 13.8 Å². The average Bonchev–Trinajstić information content (AvgIpc) is 2.33. The first kappa shape index (κ1) is 11.0. The lowest BCUT2D eigenvalue weighted by Crippen LogP contribution is -2.24. The quantitative estimate of drug-likeness (QED) is 0.823. The van der Waals surface area contributed by atoms with Crippen LogP contribution in [0.2, 0.25) is 5.02 Å². The lowest BCUT2D eigenvalue weighted by atomic mass is 10.0. The molecular formula is C10H16ClNS. The van der Waals surface area contributed by atoms with E-state index in [9.17, 15) is 0 Å². The molecule has 0 saturated carbocycles. The molecule has 1 atom stereocenters. The first-order valence-electron chi connectivity index (χ1n) is 4.56. The van der Waals surface area contributed by atoms with Crippen LogP contribution in [0.1, 0.15) is 25.1 Å². The van der Waals surface area contributed by atoms with Crippen LogP contribution in [-0.4, -0.2) is 6.04 Å². The third-order valence-electron chi connectivity index (χ3n) is 1.86. The standard InChI is InChI=1S/C10H16ClNS/c1-7(2)3-9(12)5-10-4-8(11)6-13-10/h4,6-7,9H,3,5,12H2,1-2H3. The van der Waals surface area contributed by atoms with Crippen LogP contribution in [-0.2, 0) is 6.42 Å². The van der Waals surface area contributed by atoms with Crippen molar-refractivity contribution >= 4 is 22.9 Å². The van der Waals surface area contributed by atoms with E-state index < -0.39 is 0 Å². The van der Waals surface area contributed by atoms with Gasteiger partial charge in [0.2, 0.25) is 0 Å². The number of halogens is 1. The summed E-state index contributed by atoms with van der Waals surface area (Å²) in [5, 5.41) is 2.79. The van der Waals surface area contributed by atoms with Gasteiger partial charge in [-0.3, -0.25) is 0 Å². The van der Waals surface area contributed by atoms with Crippen molar-refractivity contribution in [3.05, 3.63) is 21.3 Å². The Labute approximate surface area is 88.9 Å². The zero-order valence-electron chi connectivity index (χ0n) is 8.09. The smallest absolute Gasteiger partial charge is 0.0515 e. The monoisotopic (exact) mass is 217 g/mol. The summed E-state index contributed by atoms with van der Waals surface area (Å²) in [6.07, 6.45) is 2.03. The van der Waals surface area contributed by atoms with E-state index in [0.29, 0.717) is 5.92 Å². The van der Waals surface area contributed by atoms with E-state index >= 15 is 0 Å². The zero-order chi connectivity index (χ0) is 9.84. The minimum absolute atomic E-state index is 0.273. The molecule has 2 N–H and O–H groups in total. The maximum atomic E-state index is 5.98. The second-order valence-electron chi connectivity index (χ2n) is 3.82. The third kappa shape index (κ3) is 4.12. The zero-order valence-corrected chi connectivity index (χ0v) is 9.66. The molecule has 1 rings (SSSR count). The molecule has 1 unspecified atom stereocenters. The van der Waals surface area contributed by atoms with Crippen molar-refractivity contribution in [3.8, 4) is 0 Å². The average molecular weight is 218 g/mol. The van der Waals surface area contributed by atoms with Crippen LogP contribution in [0.25, 0.3) is 0 Å².